The molecule has 3 aromatic heterocycles. The number of aliphatic imine (C=N–C) groups is 1. The van der Waals surface area contributed by atoms with Crippen LogP contribution in [0.5, 0.6) is 0 Å². The fourth-order valence-electron chi connectivity index (χ4n) is 3.55. The van der Waals surface area contributed by atoms with Crippen LogP contribution in [0.25, 0.3) is 11.0 Å². The van der Waals surface area contributed by atoms with Crippen molar-refractivity contribution in [1.82, 2.24) is 30.4 Å². The second-order valence-electron chi connectivity index (χ2n) is 7.01. The molecule has 0 amide bonds. The highest BCUT2D eigenvalue weighted by Crippen LogP contribution is 2.24. The monoisotopic (exact) mass is 413 g/mol. The first-order valence-electron chi connectivity index (χ1n) is 9.87. The molecule has 0 aromatic carbocycles. The number of hydrogen-bond acceptors (Lipinski definition) is 7. The minimum atomic E-state index is 0.447. The Balaban J connectivity index is 1.21. The number of hydrogen-bond donors (Lipinski definition) is 3. The van der Waals surface area contributed by atoms with Crippen molar-refractivity contribution in [3.63, 3.8) is 0 Å². The van der Waals surface area contributed by atoms with Crippen molar-refractivity contribution in [2.45, 2.75) is 18.9 Å². The van der Waals surface area contributed by atoms with Crippen LogP contribution >= 0.6 is 11.3 Å². The highest BCUT2D eigenvalue weighted by molar-refractivity contribution is 7.14. The van der Waals surface area contributed by atoms with E-state index >= 15 is 0 Å². The number of anilines is 2. The van der Waals surface area contributed by atoms with Gasteiger partial charge in [-0.2, -0.15) is 5.10 Å². The van der Waals surface area contributed by atoms with Crippen LogP contribution in [-0.2, 0) is 7.05 Å². The van der Waals surface area contributed by atoms with Crippen molar-refractivity contribution in [3.05, 3.63) is 30.0 Å². The Morgan fingerprint density at radius 1 is 1.28 bits per heavy atom. The summed E-state index contributed by atoms with van der Waals surface area (Å²) >= 11 is 1.81. The third kappa shape index (κ3) is 4.58. The van der Waals surface area contributed by atoms with Crippen LogP contribution in [0.3, 0.4) is 0 Å². The first-order chi connectivity index (χ1) is 14.2. The summed E-state index contributed by atoms with van der Waals surface area (Å²) in [5, 5.41) is 19.0. The Bertz CT molecular complexity index is 942. The highest BCUT2D eigenvalue weighted by Gasteiger charge is 2.20. The smallest absolute Gasteiger partial charge is 0.191 e. The number of fused-ring (bicyclic) bond motifs is 1. The van der Waals surface area contributed by atoms with E-state index in [-0.39, 0.29) is 0 Å². The van der Waals surface area contributed by atoms with Crippen molar-refractivity contribution in [2.75, 3.05) is 43.4 Å². The van der Waals surface area contributed by atoms with Crippen LogP contribution in [0.2, 0.25) is 0 Å². The number of rotatable bonds is 6. The predicted molar refractivity (Wildman–Crippen MR) is 119 cm³/mol. The summed E-state index contributed by atoms with van der Waals surface area (Å²) in [5.41, 5.74) is 0.821. The van der Waals surface area contributed by atoms with Crippen molar-refractivity contribution < 1.29 is 0 Å². The van der Waals surface area contributed by atoms with Gasteiger partial charge in [-0.15, -0.1) is 11.3 Å². The first-order valence-corrected chi connectivity index (χ1v) is 10.7. The molecule has 1 saturated heterocycles. The molecule has 4 heterocycles. The molecule has 0 bridgehead atoms. The van der Waals surface area contributed by atoms with Gasteiger partial charge in [0, 0.05) is 46.3 Å². The second kappa shape index (κ2) is 9.08. The Kier molecular flexibility index (Phi) is 6.09. The minimum absolute atomic E-state index is 0.447. The fourth-order valence-corrected chi connectivity index (χ4v) is 4.33. The summed E-state index contributed by atoms with van der Waals surface area (Å²) in [6, 6.07) is 4.76. The summed E-state index contributed by atoms with van der Waals surface area (Å²) in [4.78, 5) is 15.4. The Hall–Kier alpha value is -2.88. The lowest BCUT2D eigenvalue weighted by Gasteiger charge is -2.33. The van der Waals surface area contributed by atoms with E-state index in [1.54, 1.807) is 17.2 Å². The average Bonchev–Trinajstić information content (AvgIpc) is 3.42. The number of aromatic nitrogens is 4. The average molecular weight is 414 g/mol. The number of aryl methyl sites for hydroxylation is 1. The summed E-state index contributed by atoms with van der Waals surface area (Å²) in [6.07, 6.45) is 5.56. The molecule has 3 N–H and O–H groups in total. The van der Waals surface area contributed by atoms with E-state index in [1.165, 1.54) is 5.00 Å². The zero-order valence-electron chi connectivity index (χ0n) is 16.8. The van der Waals surface area contributed by atoms with Gasteiger partial charge < -0.3 is 20.9 Å². The van der Waals surface area contributed by atoms with Gasteiger partial charge >= 0.3 is 0 Å². The third-order valence-corrected chi connectivity index (χ3v) is 6.05. The lowest BCUT2D eigenvalue weighted by atomic mass is 10.1. The molecule has 10 heteroatoms. The van der Waals surface area contributed by atoms with Gasteiger partial charge in [0.25, 0.3) is 0 Å². The van der Waals surface area contributed by atoms with Gasteiger partial charge in [0.1, 0.15) is 12.1 Å². The quantitative estimate of drug-likeness (QED) is 0.321. The van der Waals surface area contributed by atoms with Gasteiger partial charge in [-0.1, -0.05) is 0 Å². The van der Waals surface area contributed by atoms with Crippen molar-refractivity contribution >= 4 is 39.1 Å². The number of thiophene rings is 1. The maximum absolute atomic E-state index is 4.37. The van der Waals surface area contributed by atoms with Crippen LogP contribution in [0, 0.1) is 0 Å². The molecule has 1 aliphatic rings. The topological polar surface area (TPSA) is 95.3 Å². The SMILES string of the molecule is CN=C(NCCNc1ncnc2c1cnn2C)NC1CCN(c2cccs2)CC1. The Labute approximate surface area is 174 Å². The van der Waals surface area contributed by atoms with Gasteiger partial charge in [-0.05, 0) is 30.4 Å². The fraction of sp³-hybridized carbons (Fsp3) is 0.474. The first kappa shape index (κ1) is 19.4. The van der Waals surface area contributed by atoms with Crippen LogP contribution < -0.4 is 20.9 Å². The molecule has 0 atom stereocenters. The maximum Gasteiger partial charge on any atom is 0.191 e. The third-order valence-electron chi connectivity index (χ3n) is 5.12. The summed E-state index contributed by atoms with van der Waals surface area (Å²) in [5.74, 6) is 1.64. The molecule has 0 aliphatic carbocycles. The number of nitrogens with one attached hydrogen (secondary N) is 3. The molecule has 29 heavy (non-hydrogen) atoms. The van der Waals surface area contributed by atoms with E-state index in [1.807, 2.05) is 25.4 Å². The summed E-state index contributed by atoms with van der Waals surface area (Å²) in [7, 11) is 3.69. The van der Waals surface area contributed by atoms with Crippen molar-refractivity contribution in [2.24, 2.45) is 12.0 Å². The van der Waals surface area contributed by atoms with Gasteiger partial charge in [0.2, 0.25) is 0 Å². The van der Waals surface area contributed by atoms with E-state index in [0.717, 1.165) is 61.8 Å². The zero-order valence-corrected chi connectivity index (χ0v) is 17.6. The number of guanidine groups is 1. The van der Waals surface area contributed by atoms with Gasteiger partial charge in [0.05, 0.1) is 16.6 Å². The van der Waals surface area contributed by atoms with Crippen LogP contribution in [-0.4, -0.2) is 65.0 Å². The van der Waals surface area contributed by atoms with E-state index in [2.05, 4.69) is 58.4 Å². The predicted octanol–water partition coefficient (Wildman–Crippen LogP) is 1.67. The van der Waals surface area contributed by atoms with Gasteiger partial charge in [-0.3, -0.25) is 9.67 Å². The second-order valence-corrected chi connectivity index (χ2v) is 7.94. The lowest BCUT2D eigenvalue weighted by Crippen LogP contribution is -2.49. The van der Waals surface area contributed by atoms with E-state index < -0.39 is 0 Å². The molecule has 0 radical (unpaired) electrons. The van der Waals surface area contributed by atoms with Gasteiger partial charge in [0.15, 0.2) is 11.6 Å². The molecule has 1 aliphatic heterocycles. The highest BCUT2D eigenvalue weighted by atomic mass is 32.1. The molecule has 0 unspecified atom stereocenters. The molecule has 1 fully saturated rings. The number of nitrogens with zero attached hydrogens (tertiary/aromatic N) is 6. The minimum Gasteiger partial charge on any atom is -0.368 e. The van der Waals surface area contributed by atoms with E-state index in [4.69, 9.17) is 0 Å². The van der Waals surface area contributed by atoms with E-state index in [0.29, 0.717) is 6.04 Å². The molecule has 4 rings (SSSR count). The Morgan fingerprint density at radius 2 is 2.14 bits per heavy atom. The molecule has 9 nitrogen and oxygen atoms in total. The van der Waals surface area contributed by atoms with Crippen LogP contribution in [0.15, 0.2) is 35.0 Å². The largest absolute Gasteiger partial charge is 0.368 e. The normalized spacial score (nSPS) is 15.7. The molecule has 0 saturated carbocycles. The summed E-state index contributed by atoms with van der Waals surface area (Å²) < 4.78 is 1.75. The van der Waals surface area contributed by atoms with Crippen LogP contribution in [0.1, 0.15) is 12.8 Å². The van der Waals surface area contributed by atoms with E-state index in [9.17, 15) is 0 Å². The van der Waals surface area contributed by atoms with Gasteiger partial charge in [-0.25, -0.2) is 9.97 Å². The Morgan fingerprint density at radius 3 is 2.90 bits per heavy atom. The summed E-state index contributed by atoms with van der Waals surface area (Å²) in [6.45, 7) is 3.61. The molecular weight excluding hydrogens is 386 g/mol. The maximum atomic E-state index is 4.37. The van der Waals surface area contributed by atoms with Crippen molar-refractivity contribution in [1.29, 1.82) is 0 Å². The standard InChI is InChI=1S/C19H27N9S/c1-20-19(26-14-5-9-28(10-6-14)16-4-3-11-29-16)22-8-7-21-17-15-12-25-27(2)18(15)24-13-23-17/h3-4,11-14H,5-10H2,1-2H3,(H2,20,22,26)(H,21,23,24). The molecule has 0 spiro atoms. The number of piperidine rings is 1. The van der Waals surface area contributed by atoms with Crippen molar-refractivity contribution in [3.8, 4) is 0 Å². The molecule has 3 aromatic rings. The zero-order chi connectivity index (χ0) is 20.1. The van der Waals surface area contributed by atoms with Crippen LogP contribution in [0.4, 0.5) is 10.8 Å². The lowest BCUT2D eigenvalue weighted by molar-refractivity contribution is 0.463. The molecular formula is C19H27N9S. The molecule has 154 valence electrons.